The Morgan fingerprint density at radius 1 is 1.62 bits per heavy atom. The molecule has 1 fully saturated rings. The van der Waals surface area contributed by atoms with E-state index in [2.05, 4.69) is 0 Å². The van der Waals surface area contributed by atoms with Crippen molar-refractivity contribution in [3.8, 4) is 0 Å². The molecule has 0 aromatic rings. The number of hydrogen-bond acceptors (Lipinski definition) is 2. The molecule has 1 rings (SSSR count). The number of rotatable bonds is 0. The minimum atomic E-state index is 0.172. The molecule has 0 aliphatic carbocycles. The van der Waals surface area contributed by atoms with Crippen molar-refractivity contribution >= 4 is 31.4 Å². The van der Waals surface area contributed by atoms with E-state index in [0.717, 1.165) is 15.3 Å². The van der Waals surface area contributed by atoms with E-state index in [0.29, 0.717) is 0 Å². The van der Waals surface area contributed by atoms with Crippen LogP contribution in [0.5, 0.6) is 0 Å². The summed E-state index contributed by atoms with van der Waals surface area (Å²) in [6.07, 6.45) is 1.25. The van der Waals surface area contributed by atoms with Crippen LogP contribution in [0, 0.1) is 0 Å². The first-order valence-electron chi connectivity index (χ1n) is 2.49. The van der Waals surface area contributed by atoms with Crippen molar-refractivity contribution in [2.75, 3.05) is 16.6 Å². The van der Waals surface area contributed by atoms with Crippen molar-refractivity contribution in [1.29, 1.82) is 0 Å². The van der Waals surface area contributed by atoms with E-state index in [1.54, 1.807) is 0 Å². The molecule has 0 saturated carbocycles. The third-order valence-corrected chi connectivity index (χ3v) is 6.15. The highest BCUT2D eigenvalue weighted by molar-refractivity contribution is 8.36. The Morgan fingerprint density at radius 3 is 2.88 bits per heavy atom. The number of hydrogen-bond donors (Lipinski definition) is 0. The Labute approximate surface area is 58.9 Å². The monoisotopic (exact) mass is 168 g/mol. The Balaban J connectivity index is 2.45. The highest BCUT2D eigenvalue weighted by atomic mass is 32.8. The maximum absolute atomic E-state index is 10.2. The van der Waals surface area contributed by atoms with E-state index in [4.69, 9.17) is 0 Å². The van der Waals surface area contributed by atoms with Crippen LogP contribution in [0.1, 0.15) is 6.42 Å². The molecule has 8 heavy (non-hydrogen) atoms. The average molecular weight is 168 g/mol. The summed E-state index contributed by atoms with van der Waals surface area (Å²) in [7, 11) is 0.975. The molecule has 1 heterocycles. The van der Waals surface area contributed by atoms with Gasteiger partial charge < -0.3 is 0 Å². The molecule has 4 heteroatoms. The van der Waals surface area contributed by atoms with Crippen LogP contribution in [0.3, 0.4) is 0 Å². The lowest BCUT2D eigenvalue weighted by molar-refractivity contribution is 0.701. The van der Waals surface area contributed by atoms with E-state index in [1.165, 1.54) is 17.9 Å². The first-order valence-corrected chi connectivity index (χ1v) is 6.46. The van der Waals surface area contributed by atoms with Gasteiger partial charge in [-0.05, 0) is 12.2 Å². The maximum atomic E-state index is 10.2. The first-order chi connectivity index (χ1) is 3.93. The lowest BCUT2D eigenvalue weighted by Crippen LogP contribution is -2.06. The summed E-state index contributed by atoms with van der Waals surface area (Å²) in [5, 5.41) is 1.11. The molecular weight excluding hydrogens is 160 g/mol. The van der Waals surface area contributed by atoms with Crippen LogP contribution in [0.4, 0.5) is 0 Å². The largest absolute Gasteiger partial charge is 0.205 e. The van der Waals surface area contributed by atoms with Gasteiger partial charge in [-0.1, -0.05) is 9.45 Å². The molecule has 48 valence electrons. The minimum absolute atomic E-state index is 0.172. The van der Waals surface area contributed by atoms with E-state index >= 15 is 0 Å². The second-order valence-corrected chi connectivity index (χ2v) is 6.60. The molecule has 1 unspecified atom stereocenters. The predicted molar refractivity (Wildman–Crippen MR) is 42.3 cm³/mol. The third-order valence-electron chi connectivity index (χ3n) is 0.972. The smallest absolute Gasteiger partial charge is 0.121 e. The van der Waals surface area contributed by atoms with E-state index in [1.807, 2.05) is 11.8 Å². The molecule has 0 N–H and O–H groups in total. The fraction of sp³-hybridized carbons (Fsp3) is 1.00. The second kappa shape index (κ2) is 3.69. The zero-order chi connectivity index (χ0) is 5.82. The molecule has 0 aromatic heterocycles. The minimum Gasteiger partial charge on any atom is -0.205 e. The molecule has 1 nitrogen and oxygen atoms in total. The SMILES string of the molecule is O=S=S1CCCSC1. The zero-order valence-electron chi connectivity index (χ0n) is 4.46. The van der Waals surface area contributed by atoms with Crippen molar-refractivity contribution in [2.24, 2.45) is 0 Å². The molecule has 1 aliphatic rings. The summed E-state index contributed by atoms with van der Waals surface area (Å²) in [6, 6.07) is 0. The van der Waals surface area contributed by atoms with Gasteiger partial charge in [0.05, 0.1) is 0 Å². The summed E-state index contributed by atoms with van der Waals surface area (Å²) in [5.74, 6) is 2.44. The quantitative estimate of drug-likeness (QED) is 0.533. The van der Waals surface area contributed by atoms with Crippen molar-refractivity contribution in [2.45, 2.75) is 6.42 Å². The molecule has 0 spiro atoms. The van der Waals surface area contributed by atoms with Gasteiger partial charge in [0.1, 0.15) is 10.2 Å². The van der Waals surface area contributed by atoms with Gasteiger partial charge in [-0.2, -0.15) is 11.8 Å². The fourth-order valence-corrected chi connectivity index (χ4v) is 5.02. The molecule has 1 aliphatic heterocycles. The van der Waals surface area contributed by atoms with E-state index in [9.17, 15) is 4.21 Å². The normalized spacial score (nSPS) is 29.8. The summed E-state index contributed by atoms with van der Waals surface area (Å²) in [6.45, 7) is 0. The van der Waals surface area contributed by atoms with Crippen molar-refractivity contribution in [3.05, 3.63) is 0 Å². The van der Waals surface area contributed by atoms with Crippen molar-refractivity contribution in [3.63, 3.8) is 0 Å². The fourth-order valence-electron chi connectivity index (χ4n) is 0.586. The van der Waals surface area contributed by atoms with Gasteiger partial charge in [0.2, 0.25) is 0 Å². The zero-order valence-corrected chi connectivity index (χ0v) is 6.91. The lowest BCUT2D eigenvalue weighted by atomic mass is 10.6. The van der Waals surface area contributed by atoms with Crippen LogP contribution in [-0.2, 0) is 19.7 Å². The molecule has 1 saturated heterocycles. The van der Waals surface area contributed by atoms with E-state index in [-0.39, 0.29) is 9.45 Å². The van der Waals surface area contributed by atoms with E-state index < -0.39 is 0 Å². The van der Waals surface area contributed by atoms with Crippen LogP contribution in [-0.4, -0.2) is 20.8 Å². The Bertz CT molecular complexity index is 119. The molecular formula is C4H8OS3. The van der Waals surface area contributed by atoms with Crippen LogP contribution >= 0.6 is 11.8 Å². The summed E-state index contributed by atoms with van der Waals surface area (Å²) in [5.41, 5.74) is 0. The van der Waals surface area contributed by atoms with Crippen molar-refractivity contribution < 1.29 is 4.21 Å². The second-order valence-electron chi connectivity index (χ2n) is 1.59. The lowest BCUT2D eigenvalue weighted by Gasteiger charge is -2.09. The van der Waals surface area contributed by atoms with Gasteiger partial charge in [-0.3, -0.25) is 0 Å². The standard InChI is InChI=1S/C4H8OS3/c5-7-8-3-1-2-6-4-8/h1-4H2. The van der Waals surface area contributed by atoms with Crippen molar-refractivity contribution in [1.82, 2.24) is 0 Å². The average Bonchev–Trinajstić information content (AvgIpc) is 1.90. The molecule has 0 aromatic carbocycles. The Morgan fingerprint density at radius 2 is 2.50 bits per heavy atom. The van der Waals surface area contributed by atoms with Gasteiger partial charge >= 0.3 is 0 Å². The predicted octanol–water partition coefficient (Wildman–Crippen LogP) is 0.827. The maximum Gasteiger partial charge on any atom is 0.121 e. The van der Waals surface area contributed by atoms with Gasteiger partial charge in [0.25, 0.3) is 0 Å². The summed E-state index contributed by atoms with van der Waals surface area (Å²) < 4.78 is 10.2. The molecule has 0 radical (unpaired) electrons. The van der Waals surface area contributed by atoms with Gasteiger partial charge in [-0.25, -0.2) is 4.21 Å². The first kappa shape index (κ1) is 6.83. The highest BCUT2D eigenvalue weighted by Gasteiger charge is 2.02. The number of thioether (sulfide) groups is 1. The van der Waals surface area contributed by atoms with Gasteiger partial charge in [-0.15, -0.1) is 0 Å². The van der Waals surface area contributed by atoms with Gasteiger partial charge in [0.15, 0.2) is 0 Å². The van der Waals surface area contributed by atoms with Crippen LogP contribution in [0.25, 0.3) is 0 Å². The van der Waals surface area contributed by atoms with Crippen LogP contribution < -0.4 is 0 Å². The van der Waals surface area contributed by atoms with Crippen LogP contribution in [0.2, 0.25) is 0 Å². The summed E-state index contributed by atoms with van der Waals surface area (Å²) in [4.78, 5) is 0. The van der Waals surface area contributed by atoms with Crippen LogP contribution in [0.15, 0.2) is 0 Å². The third kappa shape index (κ3) is 1.91. The highest BCUT2D eigenvalue weighted by Crippen LogP contribution is 2.12. The van der Waals surface area contributed by atoms with Gasteiger partial charge in [0, 0.05) is 10.8 Å². The molecule has 0 amide bonds. The topological polar surface area (TPSA) is 17.1 Å². The Kier molecular flexibility index (Phi) is 3.15. The molecule has 1 atom stereocenters. The molecule has 0 bridgehead atoms. The Hall–Kier alpha value is 0.720. The summed E-state index contributed by atoms with van der Waals surface area (Å²) >= 11 is 1.92.